The Labute approximate surface area is 53.2 Å². The van der Waals surface area contributed by atoms with Crippen molar-refractivity contribution in [2.24, 2.45) is 11.8 Å². The van der Waals surface area contributed by atoms with Crippen LogP contribution < -0.4 is 10.9 Å². The molecule has 0 radical (unpaired) electrons. The van der Waals surface area contributed by atoms with Crippen molar-refractivity contribution in [1.29, 1.82) is 0 Å². The van der Waals surface area contributed by atoms with E-state index in [-0.39, 0.29) is 5.92 Å². The molecular formula is C5H9N2O2-. The molecule has 0 saturated carbocycles. The standard InChI is InChI=1S/C5H10N2O2/c6-7-2-1-4(3-7)5(8)9/h4H,1-3,6H2,(H,8,9)/p-1. The number of rotatable bonds is 1. The fraction of sp³-hybridized carbons (Fsp3) is 0.800. The number of nitrogens with two attached hydrogens (primary N) is 1. The number of hydrogen-bond acceptors (Lipinski definition) is 4. The van der Waals surface area contributed by atoms with Crippen molar-refractivity contribution in [1.82, 2.24) is 5.01 Å². The molecule has 0 bridgehead atoms. The molecule has 1 heterocycles. The number of hydrazine groups is 1. The number of carbonyl (C=O) groups is 1. The topological polar surface area (TPSA) is 69.4 Å². The van der Waals surface area contributed by atoms with Gasteiger partial charge in [0.15, 0.2) is 0 Å². The molecule has 52 valence electrons. The quantitative estimate of drug-likeness (QED) is 0.413. The number of carboxylic acid groups (broad SMARTS) is 1. The molecule has 4 nitrogen and oxygen atoms in total. The third-order valence-electron chi connectivity index (χ3n) is 1.55. The van der Waals surface area contributed by atoms with E-state index in [0.717, 1.165) is 0 Å². The summed E-state index contributed by atoms with van der Waals surface area (Å²) in [4.78, 5) is 10.2. The van der Waals surface area contributed by atoms with Gasteiger partial charge in [-0.2, -0.15) is 0 Å². The number of nitrogens with zero attached hydrogens (tertiary/aromatic N) is 1. The van der Waals surface area contributed by atoms with Crippen molar-refractivity contribution >= 4 is 5.97 Å². The maximum Gasteiger partial charge on any atom is 0.0459 e. The van der Waals surface area contributed by atoms with Crippen LogP contribution in [0.1, 0.15) is 6.42 Å². The molecule has 0 aliphatic carbocycles. The van der Waals surface area contributed by atoms with Crippen molar-refractivity contribution in [2.75, 3.05) is 13.1 Å². The van der Waals surface area contributed by atoms with Gasteiger partial charge >= 0.3 is 0 Å². The number of carbonyl (C=O) groups excluding carboxylic acids is 1. The second kappa shape index (κ2) is 2.33. The molecule has 2 N–H and O–H groups in total. The first kappa shape index (κ1) is 6.51. The smallest absolute Gasteiger partial charge is 0.0459 e. The van der Waals surface area contributed by atoms with Crippen molar-refractivity contribution in [3.8, 4) is 0 Å². The summed E-state index contributed by atoms with van der Waals surface area (Å²) in [5, 5.41) is 11.7. The van der Waals surface area contributed by atoms with Gasteiger partial charge in [0.1, 0.15) is 0 Å². The van der Waals surface area contributed by atoms with Crippen LogP contribution in [0, 0.1) is 5.92 Å². The summed E-state index contributed by atoms with van der Waals surface area (Å²) in [5.74, 6) is 3.97. The van der Waals surface area contributed by atoms with Crippen molar-refractivity contribution in [3.63, 3.8) is 0 Å². The largest absolute Gasteiger partial charge is 0.550 e. The van der Waals surface area contributed by atoms with Gasteiger partial charge in [0.05, 0.1) is 0 Å². The van der Waals surface area contributed by atoms with E-state index in [4.69, 9.17) is 5.84 Å². The van der Waals surface area contributed by atoms with E-state index < -0.39 is 5.97 Å². The lowest BCUT2D eigenvalue weighted by Gasteiger charge is -2.09. The lowest BCUT2D eigenvalue weighted by atomic mass is 10.1. The highest BCUT2D eigenvalue weighted by Gasteiger charge is 2.20. The lowest BCUT2D eigenvalue weighted by Crippen LogP contribution is -2.35. The molecule has 0 aromatic carbocycles. The lowest BCUT2D eigenvalue weighted by molar-refractivity contribution is -0.311. The summed E-state index contributed by atoms with van der Waals surface area (Å²) in [6.07, 6.45) is 0.624. The van der Waals surface area contributed by atoms with Crippen molar-refractivity contribution in [3.05, 3.63) is 0 Å². The van der Waals surface area contributed by atoms with E-state index in [1.165, 1.54) is 5.01 Å². The van der Waals surface area contributed by atoms with Gasteiger partial charge in [-0.3, -0.25) is 5.84 Å². The van der Waals surface area contributed by atoms with Crippen LogP contribution in [0.2, 0.25) is 0 Å². The average Bonchev–Trinajstić information content (AvgIpc) is 2.14. The Kier molecular flexibility index (Phi) is 1.68. The van der Waals surface area contributed by atoms with Crippen molar-refractivity contribution in [2.45, 2.75) is 6.42 Å². The highest BCUT2D eigenvalue weighted by Crippen LogP contribution is 2.10. The summed E-state index contributed by atoms with van der Waals surface area (Å²) >= 11 is 0. The van der Waals surface area contributed by atoms with Gasteiger partial charge in [-0.15, -0.1) is 0 Å². The Morgan fingerprint density at radius 2 is 2.44 bits per heavy atom. The minimum absolute atomic E-state index is 0.352. The normalized spacial score (nSPS) is 28.8. The zero-order valence-corrected chi connectivity index (χ0v) is 5.04. The molecule has 0 amide bonds. The third-order valence-corrected chi connectivity index (χ3v) is 1.55. The van der Waals surface area contributed by atoms with Gasteiger partial charge in [0.25, 0.3) is 0 Å². The minimum Gasteiger partial charge on any atom is -0.550 e. The van der Waals surface area contributed by atoms with Gasteiger partial charge in [0.2, 0.25) is 0 Å². The van der Waals surface area contributed by atoms with Crippen LogP contribution in [0.15, 0.2) is 0 Å². The first-order valence-electron chi connectivity index (χ1n) is 2.90. The Morgan fingerprint density at radius 3 is 2.67 bits per heavy atom. The maximum atomic E-state index is 10.2. The molecule has 1 rings (SSSR count). The molecule has 9 heavy (non-hydrogen) atoms. The molecule has 0 aromatic heterocycles. The average molecular weight is 129 g/mol. The minimum atomic E-state index is -0.983. The van der Waals surface area contributed by atoms with Crippen LogP contribution >= 0.6 is 0 Å². The van der Waals surface area contributed by atoms with Gasteiger partial charge in [0, 0.05) is 25.0 Å². The molecule has 1 fully saturated rings. The highest BCUT2D eigenvalue weighted by molar-refractivity contribution is 5.68. The molecular weight excluding hydrogens is 120 g/mol. The maximum absolute atomic E-state index is 10.2. The van der Waals surface area contributed by atoms with Crippen LogP contribution in [0.4, 0.5) is 0 Å². The van der Waals surface area contributed by atoms with E-state index in [1.54, 1.807) is 0 Å². The SMILES string of the molecule is NN1CCC(C(=O)[O-])C1. The van der Waals surface area contributed by atoms with Crippen LogP contribution in [-0.4, -0.2) is 24.1 Å². The zero-order chi connectivity index (χ0) is 6.85. The second-order valence-corrected chi connectivity index (χ2v) is 2.30. The van der Waals surface area contributed by atoms with Gasteiger partial charge in [-0.05, 0) is 6.42 Å². The van der Waals surface area contributed by atoms with Crippen molar-refractivity contribution < 1.29 is 9.90 Å². The monoisotopic (exact) mass is 129 g/mol. The van der Waals surface area contributed by atoms with E-state index in [9.17, 15) is 9.90 Å². The zero-order valence-electron chi connectivity index (χ0n) is 5.04. The Balaban J connectivity index is 2.39. The van der Waals surface area contributed by atoms with Crippen LogP contribution in [-0.2, 0) is 4.79 Å². The third kappa shape index (κ3) is 1.40. The molecule has 1 aliphatic heterocycles. The van der Waals surface area contributed by atoms with Gasteiger partial charge in [-0.25, -0.2) is 5.01 Å². The molecule has 1 atom stereocenters. The number of hydrogen-bond donors (Lipinski definition) is 1. The van der Waals surface area contributed by atoms with E-state index >= 15 is 0 Å². The first-order valence-corrected chi connectivity index (χ1v) is 2.90. The Bertz CT molecular complexity index is 126. The Morgan fingerprint density at radius 1 is 1.78 bits per heavy atom. The van der Waals surface area contributed by atoms with E-state index in [0.29, 0.717) is 19.5 Å². The first-order chi connectivity index (χ1) is 4.20. The predicted molar refractivity (Wildman–Crippen MR) is 28.9 cm³/mol. The summed E-state index contributed by atoms with van der Waals surface area (Å²) in [6, 6.07) is 0. The fourth-order valence-corrected chi connectivity index (χ4v) is 0.980. The molecule has 1 aliphatic rings. The number of aliphatic carboxylic acids is 1. The summed E-state index contributed by atoms with van der Waals surface area (Å²) in [7, 11) is 0. The molecule has 0 spiro atoms. The van der Waals surface area contributed by atoms with E-state index in [2.05, 4.69) is 0 Å². The summed E-state index contributed by atoms with van der Waals surface area (Å²) in [5.41, 5.74) is 0. The molecule has 1 unspecified atom stereocenters. The van der Waals surface area contributed by atoms with Crippen LogP contribution in [0.25, 0.3) is 0 Å². The van der Waals surface area contributed by atoms with Gasteiger partial charge < -0.3 is 9.90 Å². The van der Waals surface area contributed by atoms with Crippen LogP contribution in [0.5, 0.6) is 0 Å². The second-order valence-electron chi connectivity index (χ2n) is 2.30. The summed E-state index contributed by atoms with van der Waals surface area (Å²) in [6.45, 7) is 1.10. The molecule has 0 aromatic rings. The van der Waals surface area contributed by atoms with Crippen LogP contribution in [0.3, 0.4) is 0 Å². The highest BCUT2D eigenvalue weighted by atomic mass is 16.4. The molecule has 4 heteroatoms. The summed E-state index contributed by atoms with van der Waals surface area (Å²) < 4.78 is 0. The fourth-order valence-electron chi connectivity index (χ4n) is 0.980. The predicted octanol–water partition coefficient (Wildman–Crippen LogP) is -2.07. The molecule has 1 saturated heterocycles. The van der Waals surface area contributed by atoms with E-state index in [1.807, 2.05) is 0 Å². The Hall–Kier alpha value is -0.610. The number of carboxylic acids is 1. The van der Waals surface area contributed by atoms with Gasteiger partial charge in [-0.1, -0.05) is 0 Å².